The molecule has 1 aromatic rings. The summed E-state index contributed by atoms with van der Waals surface area (Å²) < 4.78 is 12.2. The minimum absolute atomic E-state index is 0.0374. The molecule has 1 saturated heterocycles. The van der Waals surface area contributed by atoms with Crippen LogP contribution in [0.2, 0.25) is 0 Å². The Morgan fingerprint density at radius 3 is 2.48 bits per heavy atom. The Balaban J connectivity index is 1.34. The van der Waals surface area contributed by atoms with Crippen molar-refractivity contribution in [2.24, 2.45) is 23.2 Å². The molecule has 6 nitrogen and oxygen atoms in total. The fourth-order valence-electron chi connectivity index (χ4n) is 6.43. The van der Waals surface area contributed by atoms with Crippen LogP contribution in [0.4, 0.5) is 0 Å². The van der Waals surface area contributed by atoms with Crippen LogP contribution in [-0.4, -0.2) is 34.9 Å². The standard InChI is InChI=1S/C24H27BrN2O4S2/c1-3-31-20-17(25)7-13(8-18(20)30-2)9-19-21(28)27(23(32)33-19)26-22(29)24-10-14-4-15(11-24)6-16(5-14)12-24/h7-9,14-16H,3-6,10-12H2,1-2H3,(H,26,29)/b19-9+. The first-order valence-electron chi connectivity index (χ1n) is 11.4. The van der Waals surface area contributed by atoms with E-state index in [0.717, 1.165) is 29.3 Å². The number of hydrazine groups is 1. The number of ether oxygens (including phenoxy) is 2. The van der Waals surface area contributed by atoms with Crippen LogP contribution >= 0.6 is 39.9 Å². The number of thiocarbonyl (C=S) groups is 1. The van der Waals surface area contributed by atoms with Gasteiger partial charge in [-0.05, 0) is 115 Å². The van der Waals surface area contributed by atoms with E-state index in [1.54, 1.807) is 13.2 Å². The van der Waals surface area contributed by atoms with E-state index in [9.17, 15) is 9.59 Å². The highest BCUT2D eigenvalue weighted by molar-refractivity contribution is 9.10. The van der Waals surface area contributed by atoms with Crippen molar-refractivity contribution in [2.45, 2.75) is 45.4 Å². The van der Waals surface area contributed by atoms with Crippen molar-refractivity contribution in [3.8, 4) is 11.5 Å². The van der Waals surface area contributed by atoms with Gasteiger partial charge in [0, 0.05) is 0 Å². The summed E-state index contributed by atoms with van der Waals surface area (Å²) in [4.78, 5) is 27.0. The number of hydrogen-bond donors (Lipinski definition) is 1. The van der Waals surface area contributed by atoms with Crippen LogP contribution in [0.1, 0.15) is 51.0 Å². The second-order valence-corrected chi connectivity index (χ2v) is 12.2. The molecule has 5 aliphatic rings. The Labute approximate surface area is 211 Å². The maximum atomic E-state index is 13.4. The molecule has 5 fully saturated rings. The average molecular weight is 552 g/mol. The second kappa shape index (κ2) is 8.89. The maximum absolute atomic E-state index is 13.4. The monoisotopic (exact) mass is 550 g/mol. The lowest BCUT2D eigenvalue weighted by molar-refractivity contribution is -0.152. The van der Waals surface area contributed by atoms with Gasteiger partial charge in [0.1, 0.15) is 0 Å². The van der Waals surface area contributed by atoms with Gasteiger partial charge in [-0.3, -0.25) is 15.0 Å². The number of thioether (sulfide) groups is 1. The van der Waals surface area contributed by atoms with Gasteiger partial charge in [0.15, 0.2) is 15.8 Å². The highest BCUT2D eigenvalue weighted by Crippen LogP contribution is 2.60. The van der Waals surface area contributed by atoms with Crippen molar-refractivity contribution in [3.05, 3.63) is 27.1 Å². The summed E-state index contributed by atoms with van der Waals surface area (Å²) in [6.45, 7) is 2.42. The Morgan fingerprint density at radius 1 is 1.27 bits per heavy atom. The third kappa shape index (κ3) is 4.21. The van der Waals surface area contributed by atoms with Crippen LogP contribution in [0.15, 0.2) is 21.5 Å². The summed E-state index contributed by atoms with van der Waals surface area (Å²) in [7, 11) is 1.58. The molecule has 2 amide bonds. The van der Waals surface area contributed by atoms with E-state index >= 15 is 0 Å². The maximum Gasteiger partial charge on any atom is 0.285 e. The molecule has 0 spiro atoms. The molecular weight excluding hydrogens is 524 g/mol. The number of rotatable bonds is 6. The minimum atomic E-state index is -0.338. The molecule has 1 heterocycles. The molecule has 4 aliphatic carbocycles. The van der Waals surface area contributed by atoms with E-state index in [1.807, 2.05) is 19.1 Å². The molecule has 0 aromatic heterocycles. The highest BCUT2D eigenvalue weighted by atomic mass is 79.9. The van der Waals surface area contributed by atoms with E-state index < -0.39 is 0 Å². The zero-order valence-corrected chi connectivity index (χ0v) is 21.9. The normalized spacial score (nSPS) is 31.4. The van der Waals surface area contributed by atoms with Crippen LogP contribution in [0.3, 0.4) is 0 Å². The summed E-state index contributed by atoms with van der Waals surface area (Å²) >= 11 is 10.2. The first-order valence-corrected chi connectivity index (χ1v) is 13.4. The minimum Gasteiger partial charge on any atom is -0.493 e. The number of amides is 2. The predicted molar refractivity (Wildman–Crippen MR) is 136 cm³/mol. The Hall–Kier alpha value is -1.58. The molecule has 0 unspecified atom stereocenters. The lowest BCUT2D eigenvalue weighted by atomic mass is 9.49. The van der Waals surface area contributed by atoms with Crippen molar-refractivity contribution in [2.75, 3.05) is 13.7 Å². The number of carbonyl (C=O) groups excluding carboxylic acids is 2. The molecule has 176 valence electrons. The van der Waals surface area contributed by atoms with E-state index in [1.165, 1.54) is 36.0 Å². The molecule has 1 aliphatic heterocycles. The van der Waals surface area contributed by atoms with E-state index in [-0.39, 0.29) is 17.2 Å². The summed E-state index contributed by atoms with van der Waals surface area (Å²) in [5, 5.41) is 1.26. The number of methoxy groups -OCH3 is 1. The van der Waals surface area contributed by atoms with Gasteiger partial charge in [-0.2, -0.15) is 5.01 Å². The predicted octanol–water partition coefficient (Wildman–Crippen LogP) is 5.31. The Morgan fingerprint density at radius 2 is 1.91 bits per heavy atom. The van der Waals surface area contributed by atoms with Gasteiger partial charge in [-0.25, -0.2) is 0 Å². The number of halogens is 1. The van der Waals surface area contributed by atoms with Crippen molar-refractivity contribution in [1.29, 1.82) is 0 Å². The van der Waals surface area contributed by atoms with Crippen LogP contribution in [-0.2, 0) is 9.59 Å². The molecule has 1 N–H and O–H groups in total. The highest BCUT2D eigenvalue weighted by Gasteiger charge is 2.55. The van der Waals surface area contributed by atoms with E-state index in [2.05, 4.69) is 21.4 Å². The van der Waals surface area contributed by atoms with Gasteiger partial charge in [0.05, 0.1) is 28.5 Å². The molecule has 9 heteroatoms. The molecule has 4 saturated carbocycles. The van der Waals surface area contributed by atoms with Crippen molar-refractivity contribution in [1.82, 2.24) is 10.4 Å². The zero-order chi connectivity index (χ0) is 23.3. The van der Waals surface area contributed by atoms with Crippen molar-refractivity contribution < 1.29 is 19.1 Å². The first kappa shape index (κ1) is 23.2. The molecule has 0 radical (unpaired) electrons. The zero-order valence-electron chi connectivity index (χ0n) is 18.7. The van der Waals surface area contributed by atoms with Gasteiger partial charge in [-0.1, -0.05) is 11.8 Å². The van der Waals surface area contributed by atoms with E-state index in [4.69, 9.17) is 21.7 Å². The van der Waals surface area contributed by atoms with Gasteiger partial charge in [-0.15, -0.1) is 0 Å². The van der Waals surface area contributed by atoms with E-state index in [0.29, 0.717) is 45.1 Å². The smallest absolute Gasteiger partial charge is 0.285 e. The van der Waals surface area contributed by atoms with Crippen LogP contribution in [0, 0.1) is 23.2 Å². The van der Waals surface area contributed by atoms with Crippen LogP contribution in [0.25, 0.3) is 6.08 Å². The molecule has 33 heavy (non-hydrogen) atoms. The van der Waals surface area contributed by atoms with Crippen molar-refractivity contribution in [3.63, 3.8) is 0 Å². The lowest BCUT2D eigenvalue weighted by Gasteiger charge is -2.55. The summed E-state index contributed by atoms with van der Waals surface area (Å²) in [6.07, 6.45) is 8.37. The summed E-state index contributed by atoms with van der Waals surface area (Å²) in [5.41, 5.74) is 3.33. The SMILES string of the molecule is CCOc1c(Br)cc(/C=C2/SC(=S)N(NC(=O)C34CC5CC(CC(C5)C3)C4)C2=O)cc1OC. The van der Waals surface area contributed by atoms with Gasteiger partial charge in [0.2, 0.25) is 5.91 Å². The van der Waals surface area contributed by atoms with Gasteiger partial charge < -0.3 is 9.47 Å². The average Bonchev–Trinajstić information content (AvgIpc) is 3.01. The number of hydrogen-bond acceptors (Lipinski definition) is 6. The first-order chi connectivity index (χ1) is 15.8. The lowest BCUT2D eigenvalue weighted by Crippen LogP contribution is -2.57. The van der Waals surface area contributed by atoms with Crippen LogP contribution < -0.4 is 14.9 Å². The largest absolute Gasteiger partial charge is 0.493 e. The molecule has 1 aromatic carbocycles. The Bertz CT molecular complexity index is 1020. The number of benzene rings is 1. The third-order valence-corrected chi connectivity index (χ3v) is 9.26. The quantitative estimate of drug-likeness (QED) is 0.382. The van der Waals surface area contributed by atoms with Gasteiger partial charge >= 0.3 is 0 Å². The van der Waals surface area contributed by atoms with Crippen LogP contribution in [0.5, 0.6) is 11.5 Å². The summed E-state index contributed by atoms with van der Waals surface area (Å²) in [5.74, 6) is 2.82. The number of nitrogens with one attached hydrogen (secondary N) is 1. The number of nitrogens with zero attached hydrogens (tertiary/aromatic N) is 1. The second-order valence-electron chi connectivity index (χ2n) is 9.62. The third-order valence-electron chi connectivity index (χ3n) is 7.37. The molecule has 6 rings (SSSR count). The Kier molecular flexibility index (Phi) is 6.24. The fraction of sp³-hybridized carbons (Fsp3) is 0.542. The summed E-state index contributed by atoms with van der Waals surface area (Å²) in [6, 6.07) is 3.68. The number of carbonyl (C=O) groups is 2. The molecule has 4 bridgehead atoms. The molecule has 0 atom stereocenters. The van der Waals surface area contributed by atoms with Gasteiger partial charge in [0.25, 0.3) is 5.91 Å². The molecular formula is C24H27BrN2O4S2. The topological polar surface area (TPSA) is 67.9 Å². The van der Waals surface area contributed by atoms with Crippen molar-refractivity contribution >= 4 is 62.1 Å². The fourth-order valence-corrected chi connectivity index (χ4v) is 8.19.